The minimum atomic E-state index is -0.935. The molecule has 1 fully saturated rings. The molecule has 2 atom stereocenters. The zero-order chi connectivity index (χ0) is 17.2. The summed E-state index contributed by atoms with van der Waals surface area (Å²) in [6.45, 7) is 0.808. The highest BCUT2D eigenvalue weighted by atomic mass is 79.9. The molecule has 3 rings (SSSR count). The van der Waals surface area contributed by atoms with E-state index in [4.69, 9.17) is 37.4 Å². The van der Waals surface area contributed by atoms with Crippen LogP contribution in [-0.4, -0.2) is 24.6 Å². The Morgan fingerprint density at radius 2 is 1.92 bits per heavy atom. The second kappa shape index (κ2) is 7.94. The summed E-state index contributed by atoms with van der Waals surface area (Å²) in [5, 5.41) is 1.54. The molecule has 1 aliphatic heterocycles. The standard InChI is InChI=1S/C17H14Br2Cl2O3/c18-10-17(15-6-3-12(20)7-16(15)21)23-9-14(24-17)8-22-13-4-1-11(19)2-5-13/h1-7,14H,8-10H2. The number of halogens is 4. The molecule has 0 amide bonds. The lowest BCUT2D eigenvalue weighted by molar-refractivity contribution is -0.159. The van der Waals surface area contributed by atoms with Gasteiger partial charge in [-0.2, -0.15) is 0 Å². The molecule has 1 aliphatic rings. The third-order valence-electron chi connectivity index (χ3n) is 3.63. The Balaban J connectivity index is 1.68. The summed E-state index contributed by atoms with van der Waals surface area (Å²) in [6, 6.07) is 12.9. The van der Waals surface area contributed by atoms with Crippen LogP contribution in [0.5, 0.6) is 5.75 Å². The molecule has 24 heavy (non-hydrogen) atoms. The maximum Gasteiger partial charge on any atom is 0.206 e. The zero-order valence-corrected chi connectivity index (χ0v) is 17.2. The Morgan fingerprint density at radius 1 is 1.17 bits per heavy atom. The monoisotopic (exact) mass is 494 g/mol. The highest BCUT2D eigenvalue weighted by molar-refractivity contribution is 9.10. The molecule has 0 radical (unpaired) electrons. The normalized spacial score (nSPS) is 23.4. The molecule has 7 heteroatoms. The third kappa shape index (κ3) is 4.09. The number of ether oxygens (including phenoxy) is 3. The predicted molar refractivity (Wildman–Crippen MR) is 102 cm³/mol. The highest BCUT2D eigenvalue weighted by Crippen LogP contribution is 2.40. The van der Waals surface area contributed by atoms with Crippen molar-refractivity contribution < 1.29 is 14.2 Å². The molecule has 0 aliphatic carbocycles. The van der Waals surface area contributed by atoms with Gasteiger partial charge in [0.2, 0.25) is 5.79 Å². The van der Waals surface area contributed by atoms with E-state index in [1.54, 1.807) is 12.1 Å². The van der Waals surface area contributed by atoms with E-state index in [2.05, 4.69) is 31.9 Å². The number of benzene rings is 2. The summed E-state index contributed by atoms with van der Waals surface area (Å²) in [4.78, 5) is 0. The van der Waals surface area contributed by atoms with Crippen LogP contribution in [-0.2, 0) is 15.3 Å². The summed E-state index contributed by atoms with van der Waals surface area (Å²) >= 11 is 19.1. The van der Waals surface area contributed by atoms with E-state index < -0.39 is 5.79 Å². The second-order valence-electron chi connectivity index (χ2n) is 5.33. The summed E-state index contributed by atoms with van der Waals surface area (Å²) in [5.41, 5.74) is 0.747. The average Bonchev–Trinajstić information content (AvgIpc) is 2.99. The molecule has 0 spiro atoms. The van der Waals surface area contributed by atoms with E-state index in [-0.39, 0.29) is 6.10 Å². The molecule has 2 aromatic carbocycles. The van der Waals surface area contributed by atoms with Crippen molar-refractivity contribution >= 4 is 55.1 Å². The minimum Gasteiger partial charge on any atom is -0.491 e. The SMILES string of the molecule is Clc1ccc(C2(CBr)OCC(COc3ccc(Br)cc3)O2)c(Cl)c1. The minimum absolute atomic E-state index is 0.196. The first-order valence-electron chi connectivity index (χ1n) is 7.24. The van der Waals surface area contributed by atoms with E-state index in [1.807, 2.05) is 30.3 Å². The van der Waals surface area contributed by atoms with Gasteiger partial charge >= 0.3 is 0 Å². The van der Waals surface area contributed by atoms with Gasteiger partial charge in [-0.25, -0.2) is 0 Å². The Kier molecular flexibility index (Phi) is 6.11. The lowest BCUT2D eigenvalue weighted by atomic mass is 10.1. The first-order valence-corrected chi connectivity index (χ1v) is 9.91. The van der Waals surface area contributed by atoms with Gasteiger partial charge in [0.25, 0.3) is 0 Å². The van der Waals surface area contributed by atoms with Crippen LogP contribution in [0.2, 0.25) is 10.0 Å². The van der Waals surface area contributed by atoms with E-state index >= 15 is 0 Å². The van der Waals surface area contributed by atoms with E-state index in [0.717, 1.165) is 15.8 Å². The van der Waals surface area contributed by atoms with E-state index in [1.165, 1.54) is 0 Å². The fourth-order valence-corrected chi connectivity index (χ4v) is 3.86. The Hall–Kier alpha value is -0.300. The van der Waals surface area contributed by atoms with E-state index in [9.17, 15) is 0 Å². The van der Waals surface area contributed by atoms with Gasteiger partial charge < -0.3 is 14.2 Å². The topological polar surface area (TPSA) is 27.7 Å². The molecule has 2 unspecified atom stereocenters. The van der Waals surface area contributed by atoms with Crippen molar-refractivity contribution in [1.29, 1.82) is 0 Å². The Bertz CT molecular complexity index is 711. The van der Waals surface area contributed by atoms with Gasteiger partial charge in [0.05, 0.1) is 17.0 Å². The van der Waals surface area contributed by atoms with Gasteiger partial charge in [-0.1, -0.05) is 61.1 Å². The molecule has 0 saturated carbocycles. The molecule has 3 nitrogen and oxygen atoms in total. The smallest absolute Gasteiger partial charge is 0.206 e. The van der Waals surface area contributed by atoms with Crippen molar-refractivity contribution in [2.75, 3.05) is 18.5 Å². The molecule has 1 saturated heterocycles. The lowest BCUT2D eigenvalue weighted by Gasteiger charge is -2.27. The maximum absolute atomic E-state index is 6.31. The maximum atomic E-state index is 6.31. The average molecular weight is 497 g/mol. The number of hydrogen-bond donors (Lipinski definition) is 0. The van der Waals surface area contributed by atoms with Gasteiger partial charge in [-0.3, -0.25) is 0 Å². The lowest BCUT2D eigenvalue weighted by Crippen LogP contribution is -2.31. The van der Waals surface area contributed by atoms with Crippen LogP contribution < -0.4 is 4.74 Å². The van der Waals surface area contributed by atoms with Gasteiger partial charge in [-0.15, -0.1) is 0 Å². The third-order valence-corrected chi connectivity index (χ3v) is 5.44. The van der Waals surface area contributed by atoms with Gasteiger partial charge in [0.1, 0.15) is 18.5 Å². The van der Waals surface area contributed by atoms with Crippen LogP contribution in [0.4, 0.5) is 0 Å². The first kappa shape index (κ1) is 18.5. The number of hydrogen-bond acceptors (Lipinski definition) is 3. The molecule has 128 valence electrons. The molecule has 1 heterocycles. The largest absolute Gasteiger partial charge is 0.491 e. The summed E-state index contributed by atoms with van der Waals surface area (Å²) in [7, 11) is 0. The Labute approximate surface area is 167 Å². The fourth-order valence-electron chi connectivity index (χ4n) is 2.45. The quantitative estimate of drug-likeness (QED) is 0.490. The van der Waals surface area contributed by atoms with E-state index in [0.29, 0.717) is 28.6 Å². The molecular weight excluding hydrogens is 483 g/mol. The molecule has 2 aromatic rings. The van der Waals surface area contributed by atoms with Crippen molar-refractivity contribution in [2.24, 2.45) is 0 Å². The van der Waals surface area contributed by atoms with Crippen molar-refractivity contribution in [3.8, 4) is 5.75 Å². The fraction of sp³-hybridized carbons (Fsp3) is 0.294. The van der Waals surface area contributed by atoms with Crippen LogP contribution in [0.15, 0.2) is 46.9 Å². The first-order chi connectivity index (χ1) is 11.5. The van der Waals surface area contributed by atoms with Gasteiger partial charge in [-0.05, 0) is 36.4 Å². The number of rotatable bonds is 5. The Morgan fingerprint density at radius 3 is 2.58 bits per heavy atom. The summed E-state index contributed by atoms with van der Waals surface area (Å²) < 4.78 is 18.8. The predicted octanol–water partition coefficient (Wildman–Crippen LogP) is 5.80. The molecule has 0 N–H and O–H groups in total. The summed E-state index contributed by atoms with van der Waals surface area (Å²) in [6.07, 6.45) is -0.196. The van der Waals surface area contributed by atoms with Crippen LogP contribution in [0.25, 0.3) is 0 Å². The second-order valence-corrected chi connectivity index (χ2v) is 7.65. The van der Waals surface area contributed by atoms with Gasteiger partial charge in [0.15, 0.2) is 0 Å². The highest BCUT2D eigenvalue weighted by Gasteiger charge is 2.44. The van der Waals surface area contributed by atoms with Crippen LogP contribution in [0, 0.1) is 0 Å². The number of alkyl halides is 1. The van der Waals surface area contributed by atoms with Crippen molar-refractivity contribution in [2.45, 2.75) is 11.9 Å². The van der Waals surface area contributed by atoms with Crippen LogP contribution in [0.1, 0.15) is 5.56 Å². The van der Waals surface area contributed by atoms with Crippen molar-refractivity contribution in [3.63, 3.8) is 0 Å². The molecular formula is C17H14Br2Cl2O3. The zero-order valence-electron chi connectivity index (χ0n) is 12.5. The van der Waals surface area contributed by atoms with Crippen molar-refractivity contribution in [3.05, 3.63) is 62.5 Å². The molecule has 0 aromatic heterocycles. The van der Waals surface area contributed by atoms with Crippen LogP contribution >= 0.6 is 55.1 Å². The summed E-state index contributed by atoms with van der Waals surface area (Å²) in [5.74, 6) is -0.155. The van der Waals surface area contributed by atoms with Gasteiger partial charge in [0, 0.05) is 15.1 Å². The van der Waals surface area contributed by atoms with Crippen LogP contribution in [0.3, 0.4) is 0 Å². The molecule has 0 bridgehead atoms. The van der Waals surface area contributed by atoms with Crippen molar-refractivity contribution in [1.82, 2.24) is 0 Å².